The van der Waals surface area contributed by atoms with Gasteiger partial charge in [0.2, 0.25) is 11.8 Å². The van der Waals surface area contributed by atoms with E-state index in [4.69, 9.17) is 17.3 Å². The van der Waals surface area contributed by atoms with Crippen molar-refractivity contribution in [3.8, 4) is 0 Å². The van der Waals surface area contributed by atoms with E-state index >= 15 is 4.39 Å². The summed E-state index contributed by atoms with van der Waals surface area (Å²) in [5, 5.41) is 5.47. The maximum absolute atomic E-state index is 15.0. The van der Waals surface area contributed by atoms with Crippen molar-refractivity contribution < 1.29 is 36.3 Å². The largest absolute Gasteiger partial charge is 0.390 e. The molecule has 1 atom stereocenters. The summed E-state index contributed by atoms with van der Waals surface area (Å²) < 4.78 is 67.8. The molecule has 2 heterocycles. The number of nitrogens with two attached hydrogens (primary N) is 1. The number of carbonyl (C=O) groups excluding carboxylic acids is 3. The quantitative estimate of drug-likeness (QED) is 0.340. The van der Waals surface area contributed by atoms with Gasteiger partial charge < -0.3 is 21.3 Å². The Morgan fingerprint density at radius 3 is 2.39 bits per heavy atom. The Bertz CT molecular complexity index is 1370. The molecule has 0 radical (unpaired) electrons. The molecule has 1 unspecified atom stereocenters. The van der Waals surface area contributed by atoms with Crippen LogP contribution in [-0.4, -0.2) is 86.1 Å². The van der Waals surface area contributed by atoms with Gasteiger partial charge in [0.1, 0.15) is 0 Å². The van der Waals surface area contributed by atoms with Gasteiger partial charge in [0.15, 0.2) is 11.6 Å². The van der Waals surface area contributed by atoms with Crippen molar-refractivity contribution in [3.63, 3.8) is 0 Å². The van der Waals surface area contributed by atoms with Gasteiger partial charge in [-0.3, -0.25) is 24.2 Å². The van der Waals surface area contributed by atoms with Crippen molar-refractivity contribution in [3.05, 3.63) is 58.1 Å². The zero-order chi connectivity index (χ0) is 32.0. The Morgan fingerprint density at radius 1 is 0.977 bits per heavy atom. The summed E-state index contributed by atoms with van der Waals surface area (Å²) in [6.07, 6.45) is -3.78. The summed E-state index contributed by atoms with van der Waals surface area (Å²) in [5.41, 5.74) is 5.43. The van der Waals surface area contributed by atoms with Gasteiger partial charge in [0.25, 0.3) is 5.91 Å². The Labute approximate surface area is 256 Å². The van der Waals surface area contributed by atoms with Crippen LogP contribution >= 0.6 is 11.6 Å². The summed E-state index contributed by atoms with van der Waals surface area (Å²) in [7, 11) is 0. The predicted octanol–water partition coefficient (Wildman–Crippen LogP) is 3.76. The maximum atomic E-state index is 15.0. The van der Waals surface area contributed by atoms with E-state index in [-0.39, 0.29) is 36.8 Å². The Hall–Kier alpha value is -3.49. The first-order chi connectivity index (χ1) is 20.8. The summed E-state index contributed by atoms with van der Waals surface area (Å²) in [5.74, 6) is -4.79. The van der Waals surface area contributed by atoms with Gasteiger partial charge in [0, 0.05) is 56.4 Å². The highest BCUT2D eigenvalue weighted by molar-refractivity contribution is 6.31. The van der Waals surface area contributed by atoms with Gasteiger partial charge in [-0.05, 0) is 43.7 Å². The number of nitrogens with one attached hydrogen (secondary N) is 2. The molecule has 2 aromatic rings. The van der Waals surface area contributed by atoms with Gasteiger partial charge >= 0.3 is 6.18 Å². The summed E-state index contributed by atoms with van der Waals surface area (Å²) in [6.45, 7) is 1.96. The standard InChI is InChI=1S/C29H34ClF5N6O3/c30-20-4-6-22(23(14-20)41-12-10-39(11-13-41)9-7-29(33,34)35)38-28(44)21-5-3-18(25(31)26(21)32)15-37-24(42)17-40-8-1-2-19(16-40)27(36)43/h3-6,14,19H,1-2,7-13,15-17H2,(H2,36,43)(H,37,42)(H,38,44). The molecule has 0 aromatic heterocycles. The fourth-order valence-electron chi connectivity index (χ4n) is 5.34. The Balaban J connectivity index is 1.36. The Kier molecular flexibility index (Phi) is 11.0. The zero-order valence-corrected chi connectivity index (χ0v) is 24.6. The van der Waals surface area contributed by atoms with Crippen molar-refractivity contribution >= 4 is 40.7 Å². The molecule has 4 N–H and O–H groups in total. The molecule has 0 spiro atoms. The average Bonchev–Trinajstić information content (AvgIpc) is 2.97. The van der Waals surface area contributed by atoms with Crippen LogP contribution in [-0.2, 0) is 16.1 Å². The van der Waals surface area contributed by atoms with Crippen LogP contribution in [0.5, 0.6) is 0 Å². The molecule has 240 valence electrons. The fourth-order valence-corrected chi connectivity index (χ4v) is 5.51. The van der Waals surface area contributed by atoms with Crippen LogP contribution in [0.25, 0.3) is 0 Å². The smallest absolute Gasteiger partial charge is 0.369 e. The number of halogens is 6. The van der Waals surface area contributed by atoms with Crippen LogP contribution < -0.4 is 21.3 Å². The number of nitrogens with zero attached hydrogens (tertiary/aromatic N) is 3. The van der Waals surface area contributed by atoms with Crippen molar-refractivity contribution in [1.82, 2.24) is 15.1 Å². The molecule has 15 heteroatoms. The lowest BCUT2D eigenvalue weighted by Crippen LogP contribution is -2.47. The van der Waals surface area contributed by atoms with E-state index in [2.05, 4.69) is 10.6 Å². The minimum absolute atomic E-state index is 0.0274. The van der Waals surface area contributed by atoms with Gasteiger partial charge in [-0.25, -0.2) is 8.78 Å². The number of rotatable bonds is 10. The summed E-state index contributed by atoms with van der Waals surface area (Å²) >= 11 is 6.17. The fraction of sp³-hybridized carbons (Fsp3) is 0.483. The van der Waals surface area contributed by atoms with Crippen LogP contribution in [0.3, 0.4) is 0 Å². The number of amides is 3. The van der Waals surface area contributed by atoms with Crippen molar-refractivity contribution in [2.45, 2.75) is 32.0 Å². The first kappa shape index (κ1) is 33.4. The highest BCUT2D eigenvalue weighted by atomic mass is 35.5. The number of alkyl halides is 3. The number of piperazine rings is 1. The number of primary amides is 1. The molecule has 0 bridgehead atoms. The van der Waals surface area contributed by atoms with E-state index in [1.807, 2.05) is 4.90 Å². The molecule has 2 aromatic carbocycles. The van der Waals surface area contributed by atoms with Crippen molar-refractivity contribution in [2.75, 3.05) is 62.6 Å². The van der Waals surface area contributed by atoms with E-state index < -0.39 is 47.5 Å². The molecule has 2 aliphatic heterocycles. The third-order valence-corrected chi connectivity index (χ3v) is 8.03. The molecular weight excluding hydrogens is 611 g/mol. The second-order valence-electron chi connectivity index (χ2n) is 11.0. The van der Waals surface area contributed by atoms with Crippen LogP contribution in [0.4, 0.5) is 33.3 Å². The predicted molar refractivity (Wildman–Crippen MR) is 155 cm³/mol. The number of carbonyl (C=O) groups is 3. The molecule has 2 aliphatic rings. The monoisotopic (exact) mass is 644 g/mol. The molecule has 4 rings (SSSR count). The zero-order valence-electron chi connectivity index (χ0n) is 23.9. The lowest BCUT2D eigenvalue weighted by atomic mass is 9.97. The van der Waals surface area contributed by atoms with Crippen LogP contribution in [0.15, 0.2) is 30.3 Å². The van der Waals surface area contributed by atoms with Gasteiger partial charge in [-0.15, -0.1) is 0 Å². The highest BCUT2D eigenvalue weighted by Crippen LogP contribution is 2.31. The lowest BCUT2D eigenvalue weighted by molar-refractivity contribution is -0.138. The van der Waals surface area contributed by atoms with Crippen LogP contribution in [0, 0.1) is 17.6 Å². The summed E-state index contributed by atoms with van der Waals surface area (Å²) in [6, 6.07) is 6.94. The van der Waals surface area contributed by atoms with E-state index in [9.17, 15) is 31.9 Å². The minimum Gasteiger partial charge on any atom is -0.369 e. The lowest BCUT2D eigenvalue weighted by Gasteiger charge is -2.37. The number of hydrogen-bond donors (Lipinski definition) is 3. The van der Waals surface area contributed by atoms with E-state index in [0.717, 1.165) is 6.07 Å². The topological polar surface area (TPSA) is 111 Å². The second-order valence-corrected chi connectivity index (χ2v) is 11.4. The number of hydrogen-bond acceptors (Lipinski definition) is 6. The number of anilines is 2. The maximum Gasteiger partial charge on any atom is 0.390 e. The van der Waals surface area contributed by atoms with Gasteiger partial charge in [0.05, 0.1) is 35.8 Å². The van der Waals surface area contributed by atoms with Gasteiger partial charge in [-0.2, -0.15) is 13.2 Å². The number of likely N-dealkylation sites (tertiary alicyclic amines) is 1. The normalized spacial score (nSPS) is 18.2. The molecule has 44 heavy (non-hydrogen) atoms. The molecular formula is C29H34ClF5N6O3. The Morgan fingerprint density at radius 2 is 1.70 bits per heavy atom. The molecule has 3 amide bonds. The third kappa shape index (κ3) is 9.02. The molecule has 9 nitrogen and oxygen atoms in total. The summed E-state index contributed by atoms with van der Waals surface area (Å²) in [4.78, 5) is 42.2. The number of benzene rings is 2. The second kappa shape index (κ2) is 14.5. The first-order valence-corrected chi connectivity index (χ1v) is 14.6. The first-order valence-electron chi connectivity index (χ1n) is 14.2. The van der Waals surface area contributed by atoms with Gasteiger partial charge in [-0.1, -0.05) is 17.7 Å². The molecule has 2 fully saturated rings. The third-order valence-electron chi connectivity index (χ3n) is 7.79. The van der Waals surface area contributed by atoms with E-state index in [1.54, 1.807) is 15.9 Å². The molecule has 2 saturated heterocycles. The average molecular weight is 645 g/mol. The van der Waals surface area contributed by atoms with Crippen molar-refractivity contribution in [1.29, 1.82) is 0 Å². The van der Waals surface area contributed by atoms with Crippen molar-refractivity contribution in [2.24, 2.45) is 11.7 Å². The van der Waals surface area contributed by atoms with Crippen LogP contribution in [0.1, 0.15) is 35.2 Å². The molecule has 0 saturated carbocycles. The highest BCUT2D eigenvalue weighted by Gasteiger charge is 2.30. The molecule has 0 aliphatic carbocycles. The number of piperidine rings is 1. The SMILES string of the molecule is NC(=O)C1CCCN(CC(=O)NCc2ccc(C(=O)Nc3ccc(Cl)cc3N3CCN(CCC(F)(F)F)CC3)c(F)c2F)C1. The minimum atomic E-state index is -4.24. The van der Waals surface area contributed by atoms with E-state index in [1.165, 1.54) is 18.2 Å². The van der Waals surface area contributed by atoms with E-state index in [0.29, 0.717) is 62.8 Å². The van der Waals surface area contributed by atoms with Crippen LogP contribution in [0.2, 0.25) is 5.02 Å².